The van der Waals surface area contributed by atoms with Gasteiger partial charge in [0.1, 0.15) is 12.4 Å². The van der Waals surface area contributed by atoms with Crippen molar-refractivity contribution in [3.8, 4) is 0 Å². The molecule has 1 N–H and O–H groups in total. The molecule has 0 fully saturated rings. The van der Waals surface area contributed by atoms with Crippen LogP contribution in [0.15, 0.2) is 18.5 Å². The second kappa shape index (κ2) is 9.05. The lowest BCUT2D eigenvalue weighted by molar-refractivity contribution is -0.124. The maximum atomic E-state index is 11.5. The fourth-order valence-corrected chi connectivity index (χ4v) is 3.18. The highest BCUT2D eigenvalue weighted by atomic mass is 16.5. The molecular weight excluding hydrogens is 344 g/mol. The van der Waals surface area contributed by atoms with Gasteiger partial charge in [0, 0.05) is 57.2 Å². The Hall–Kier alpha value is -2.32. The van der Waals surface area contributed by atoms with Crippen molar-refractivity contribution in [1.82, 2.24) is 30.0 Å². The monoisotopic (exact) mass is 372 g/mol. The number of carbonyl (C=O) groups is 1. The summed E-state index contributed by atoms with van der Waals surface area (Å²) in [4.78, 5) is 22.9. The molecule has 0 aliphatic carbocycles. The molecule has 1 amide bonds. The number of nitrogens with zero attached hydrogens (tertiary/aromatic N) is 5. The number of aryl methyl sites for hydroxylation is 1. The van der Waals surface area contributed by atoms with Crippen molar-refractivity contribution < 1.29 is 9.53 Å². The summed E-state index contributed by atoms with van der Waals surface area (Å²) in [7, 11) is 1.51. The van der Waals surface area contributed by atoms with Crippen molar-refractivity contribution in [2.24, 2.45) is 0 Å². The van der Waals surface area contributed by atoms with Gasteiger partial charge in [0.2, 0.25) is 5.91 Å². The lowest BCUT2D eigenvalue weighted by Gasteiger charge is -2.19. The van der Waals surface area contributed by atoms with Crippen LogP contribution in [0.1, 0.15) is 49.0 Å². The maximum absolute atomic E-state index is 11.5. The molecule has 146 valence electrons. The molecule has 3 heterocycles. The van der Waals surface area contributed by atoms with Crippen LogP contribution in [-0.4, -0.2) is 50.8 Å². The molecule has 3 rings (SSSR count). The minimum absolute atomic E-state index is 0.0685. The standard InChI is InChI=1S/C19H28N6O2/c1-14(2)19-21-8-15(9-22-19)11-24-5-4-6-25-17(12-24)7-16(23-25)10-20-18(26)13-27-3/h7-9,14H,4-6,10-13H2,1-3H3,(H,20,26). The Morgan fingerprint density at radius 1 is 1.30 bits per heavy atom. The zero-order valence-corrected chi connectivity index (χ0v) is 16.3. The van der Waals surface area contributed by atoms with Crippen molar-refractivity contribution in [1.29, 1.82) is 0 Å². The number of carbonyl (C=O) groups excluding carboxylic acids is 1. The van der Waals surface area contributed by atoms with E-state index in [0.717, 1.165) is 49.7 Å². The molecule has 8 heteroatoms. The first-order valence-electron chi connectivity index (χ1n) is 9.39. The van der Waals surface area contributed by atoms with Gasteiger partial charge >= 0.3 is 0 Å². The molecule has 0 unspecified atom stereocenters. The predicted octanol–water partition coefficient (Wildman–Crippen LogP) is 1.46. The van der Waals surface area contributed by atoms with E-state index in [1.807, 2.05) is 12.4 Å². The van der Waals surface area contributed by atoms with Crippen LogP contribution in [0.3, 0.4) is 0 Å². The van der Waals surface area contributed by atoms with Crippen molar-refractivity contribution in [2.45, 2.75) is 52.4 Å². The Kier molecular flexibility index (Phi) is 6.52. The molecule has 0 spiro atoms. The number of hydrogen-bond acceptors (Lipinski definition) is 6. The fourth-order valence-electron chi connectivity index (χ4n) is 3.18. The molecule has 27 heavy (non-hydrogen) atoms. The number of nitrogens with one attached hydrogen (secondary N) is 1. The molecule has 2 aromatic heterocycles. The Morgan fingerprint density at radius 2 is 2.07 bits per heavy atom. The van der Waals surface area contributed by atoms with Gasteiger partial charge in [-0.2, -0.15) is 5.10 Å². The van der Waals surface area contributed by atoms with E-state index in [4.69, 9.17) is 4.74 Å². The number of ether oxygens (including phenoxy) is 1. The van der Waals surface area contributed by atoms with Crippen molar-refractivity contribution in [3.05, 3.63) is 41.2 Å². The van der Waals surface area contributed by atoms with E-state index in [-0.39, 0.29) is 12.5 Å². The van der Waals surface area contributed by atoms with E-state index in [2.05, 4.69) is 49.9 Å². The molecule has 8 nitrogen and oxygen atoms in total. The third-order valence-electron chi connectivity index (χ3n) is 4.53. The SMILES string of the molecule is COCC(=O)NCc1cc2n(n1)CCCN(Cc1cnc(C(C)C)nc1)C2. The molecule has 0 aromatic carbocycles. The van der Waals surface area contributed by atoms with Crippen molar-refractivity contribution in [3.63, 3.8) is 0 Å². The van der Waals surface area contributed by atoms with Gasteiger partial charge in [0.05, 0.1) is 17.9 Å². The maximum Gasteiger partial charge on any atom is 0.246 e. The smallest absolute Gasteiger partial charge is 0.246 e. The summed E-state index contributed by atoms with van der Waals surface area (Å²) in [6.07, 6.45) is 4.90. The third-order valence-corrected chi connectivity index (χ3v) is 4.53. The molecule has 1 aliphatic rings. The Morgan fingerprint density at radius 3 is 2.78 bits per heavy atom. The first kappa shape index (κ1) is 19.4. The zero-order chi connectivity index (χ0) is 19.2. The van der Waals surface area contributed by atoms with Crippen LogP contribution in [0.5, 0.6) is 0 Å². The molecule has 0 atom stereocenters. The molecule has 2 aromatic rings. The molecule has 0 radical (unpaired) electrons. The quantitative estimate of drug-likeness (QED) is 0.792. The summed E-state index contributed by atoms with van der Waals surface area (Å²) in [5.74, 6) is 1.09. The van der Waals surface area contributed by atoms with E-state index >= 15 is 0 Å². The lowest BCUT2D eigenvalue weighted by atomic mass is 10.2. The minimum atomic E-state index is -0.132. The molecule has 0 saturated carbocycles. The van der Waals surface area contributed by atoms with E-state index in [1.165, 1.54) is 12.8 Å². The van der Waals surface area contributed by atoms with Gasteiger partial charge in [0.25, 0.3) is 0 Å². The molecule has 0 saturated heterocycles. The van der Waals surface area contributed by atoms with E-state index < -0.39 is 0 Å². The summed E-state index contributed by atoms with van der Waals surface area (Å²) in [5, 5.41) is 7.45. The Labute approximate surface area is 159 Å². The first-order chi connectivity index (χ1) is 13.0. The largest absolute Gasteiger partial charge is 0.375 e. The van der Waals surface area contributed by atoms with Gasteiger partial charge in [-0.15, -0.1) is 0 Å². The van der Waals surface area contributed by atoms with Gasteiger partial charge < -0.3 is 10.1 Å². The van der Waals surface area contributed by atoms with Gasteiger partial charge in [-0.1, -0.05) is 13.8 Å². The van der Waals surface area contributed by atoms with Crippen LogP contribution in [0.4, 0.5) is 0 Å². The molecule has 1 aliphatic heterocycles. The van der Waals surface area contributed by atoms with Gasteiger partial charge in [0.15, 0.2) is 0 Å². The molecular formula is C19H28N6O2. The first-order valence-corrected chi connectivity index (χ1v) is 9.39. The summed E-state index contributed by atoms with van der Waals surface area (Å²) < 4.78 is 6.88. The van der Waals surface area contributed by atoms with Crippen molar-refractivity contribution >= 4 is 5.91 Å². The van der Waals surface area contributed by atoms with Crippen LogP contribution < -0.4 is 5.32 Å². The number of methoxy groups -OCH3 is 1. The Balaban J connectivity index is 1.60. The number of hydrogen-bond donors (Lipinski definition) is 1. The highest BCUT2D eigenvalue weighted by Gasteiger charge is 2.17. The van der Waals surface area contributed by atoms with Crippen molar-refractivity contribution in [2.75, 3.05) is 20.3 Å². The number of fused-ring (bicyclic) bond motifs is 1. The van der Waals surface area contributed by atoms with Gasteiger partial charge in [-0.05, 0) is 12.5 Å². The summed E-state index contributed by atoms with van der Waals surface area (Å²) in [6, 6.07) is 2.07. The highest BCUT2D eigenvalue weighted by molar-refractivity contribution is 5.77. The zero-order valence-electron chi connectivity index (χ0n) is 16.3. The van der Waals surface area contributed by atoms with E-state index in [9.17, 15) is 4.79 Å². The van der Waals surface area contributed by atoms with Gasteiger partial charge in [-0.25, -0.2) is 9.97 Å². The van der Waals surface area contributed by atoms with Crippen LogP contribution >= 0.6 is 0 Å². The second-order valence-corrected chi connectivity index (χ2v) is 7.23. The lowest BCUT2D eigenvalue weighted by Crippen LogP contribution is -2.26. The summed E-state index contributed by atoms with van der Waals surface area (Å²) >= 11 is 0. The number of amides is 1. The van der Waals surface area contributed by atoms with Gasteiger partial charge in [-0.3, -0.25) is 14.4 Å². The highest BCUT2D eigenvalue weighted by Crippen LogP contribution is 2.16. The van der Waals surface area contributed by atoms with Crippen LogP contribution in [0.2, 0.25) is 0 Å². The summed E-state index contributed by atoms with van der Waals surface area (Å²) in [6.45, 7) is 8.23. The predicted molar refractivity (Wildman–Crippen MR) is 101 cm³/mol. The van der Waals surface area contributed by atoms with E-state index in [0.29, 0.717) is 12.5 Å². The average molecular weight is 372 g/mol. The normalized spacial score (nSPS) is 14.8. The molecule has 0 bridgehead atoms. The fraction of sp³-hybridized carbons (Fsp3) is 0.579. The minimum Gasteiger partial charge on any atom is -0.375 e. The van der Waals surface area contributed by atoms with E-state index in [1.54, 1.807) is 0 Å². The van der Waals surface area contributed by atoms with Crippen LogP contribution in [-0.2, 0) is 35.7 Å². The van der Waals surface area contributed by atoms with Crippen LogP contribution in [0, 0.1) is 0 Å². The third kappa shape index (κ3) is 5.33. The average Bonchev–Trinajstić information content (AvgIpc) is 2.93. The number of rotatable bonds is 7. The Bertz CT molecular complexity index is 756. The topological polar surface area (TPSA) is 85.2 Å². The summed E-state index contributed by atoms with van der Waals surface area (Å²) in [5.41, 5.74) is 3.17. The van der Waals surface area contributed by atoms with Crippen LogP contribution in [0.25, 0.3) is 0 Å². The number of aromatic nitrogens is 4. The second-order valence-electron chi connectivity index (χ2n) is 7.23.